The minimum absolute atomic E-state index is 0.0629. The van der Waals surface area contributed by atoms with Gasteiger partial charge in [0.2, 0.25) is 5.91 Å². The highest BCUT2D eigenvalue weighted by Crippen LogP contribution is 2.28. The molecule has 2 amide bonds. The van der Waals surface area contributed by atoms with E-state index < -0.39 is 29.1 Å². The average molecular weight is 416 g/mol. The molecule has 0 saturated heterocycles. The van der Waals surface area contributed by atoms with Gasteiger partial charge in [-0.3, -0.25) is 9.59 Å². The molecule has 156 valence electrons. The first kappa shape index (κ1) is 21.0. The van der Waals surface area contributed by atoms with Gasteiger partial charge in [0, 0.05) is 28.8 Å². The quantitative estimate of drug-likeness (QED) is 0.603. The van der Waals surface area contributed by atoms with E-state index in [-0.39, 0.29) is 18.8 Å². The zero-order chi connectivity index (χ0) is 21.8. The summed E-state index contributed by atoms with van der Waals surface area (Å²) in [5.74, 6) is -2.95. The van der Waals surface area contributed by atoms with E-state index in [1.54, 1.807) is 26.0 Å². The zero-order valence-corrected chi connectivity index (χ0v) is 16.2. The number of anilines is 1. The van der Waals surface area contributed by atoms with Crippen LogP contribution in [0.25, 0.3) is 11.0 Å². The number of fused-ring (bicyclic) bond motifs is 1. The molecule has 0 spiro atoms. The van der Waals surface area contributed by atoms with Crippen molar-refractivity contribution in [2.24, 2.45) is 0 Å². The Bertz CT molecular complexity index is 1190. The maximum Gasteiger partial charge on any atom is 0.336 e. The minimum Gasteiger partial charge on any atom is -0.483 e. The van der Waals surface area contributed by atoms with Gasteiger partial charge in [-0.25, -0.2) is 13.6 Å². The standard InChI is InChI=1S/C21H18F2N2O5/c1-11-7-20(28)30-21-12(2)17(6-4-14(11)21)29-10-19(27)24-9-18(26)25-13-3-5-15(22)16(23)8-13/h3-8H,9-10H2,1-2H3,(H,24,27)(H,25,26). The van der Waals surface area contributed by atoms with Gasteiger partial charge in [-0.15, -0.1) is 0 Å². The van der Waals surface area contributed by atoms with Gasteiger partial charge in [0.1, 0.15) is 11.3 Å². The summed E-state index contributed by atoms with van der Waals surface area (Å²) < 4.78 is 36.7. The Labute approximate surface area is 169 Å². The number of amides is 2. The van der Waals surface area contributed by atoms with Gasteiger partial charge in [-0.1, -0.05) is 0 Å². The van der Waals surface area contributed by atoms with Crippen molar-refractivity contribution in [3.05, 3.63) is 69.6 Å². The third-order valence-electron chi connectivity index (χ3n) is 4.33. The first-order valence-corrected chi connectivity index (χ1v) is 8.93. The van der Waals surface area contributed by atoms with Gasteiger partial charge < -0.3 is 19.8 Å². The highest BCUT2D eigenvalue weighted by atomic mass is 19.2. The Morgan fingerprint density at radius 2 is 1.80 bits per heavy atom. The van der Waals surface area contributed by atoms with Crippen LogP contribution in [0.5, 0.6) is 5.75 Å². The summed E-state index contributed by atoms with van der Waals surface area (Å²) >= 11 is 0. The number of hydrogen-bond donors (Lipinski definition) is 2. The summed E-state index contributed by atoms with van der Waals surface area (Å²) in [5.41, 5.74) is 1.29. The number of aryl methyl sites for hydroxylation is 2. The third kappa shape index (κ3) is 4.80. The van der Waals surface area contributed by atoms with Crippen LogP contribution < -0.4 is 21.0 Å². The van der Waals surface area contributed by atoms with Crippen LogP contribution in [-0.4, -0.2) is 25.0 Å². The number of hydrogen-bond acceptors (Lipinski definition) is 5. The van der Waals surface area contributed by atoms with E-state index in [9.17, 15) is 23.2 Å². The van der Waals surface area contributed by atoms with Crippen LogP contribution >= 0.6 is 0 Å². The molecule has 0 atom stereocenters. The minimum atomic E-state index is -1.10. The van der Waals surface area contributed by atoms with Crippen LogP contribution in [-0.2, 0) is 9.59 Å². The zero-order valence-electron chi connectivity index (χ0n) is 16.2. The lowest BCUT2D eigenvalue weighted by atomic mass is 10.1. The van der Waals surface area contributed by atoms with Crippen molar-refractivity contribution >= 4 is 28.5 Å². The second-order valence-corrected chi connectivity index (χ2v) is 6.56. The molecule has 9 heteroatoms. The molecule has 1 heterocycles. The van der Waals surface area contributed by atoms with Gasteiger partial charge >= 0.3 is 5.63 Å². The molecule has 0 fully saturated rings. The first-order valence-electron chi connectivity index (χ1n) is 8.93. The van der Waals surface area contributed by atoms with Crippen molar-refractivity contribution in [3.63, 3.8) is 0 Å². The number of rotatable bonds is 6. The Morgan fingerprint density at radius 3 is 2.53 bits per heavy atom. The second-order valence-electron chi connectivity index (χ2n) is 6.56. The molecule has 0 aliphatic rings. The molecule has 7 nitrogen and oxygen atoms in total. The van der Waals surface area contributed by atoms with E-state index in [0.717, 1.165) is 23.1 Å². The summed E-state index contributed by atoms with van der Waals surface area (Å²) in [5, 5.41) is 5.45. The van der Waals surface area contributed by atoms with E-state index >= 15 is 0 Å². The van der Waals surface area contributed by atoms with Crippen LogP contribution in [0.4, 0.5) is 14.5 Å². The Kier molecular flexibility index (Phi) is 6.10. The van der Waals surface area contributed by atoms with Crippen LogP contribution in [0.2, 0.25) is 0 Å². The van der Waals surface area contributed by atoms with Crippen molar-refractivity contribution in [2.45, 2.75) is 13.8 Å². The van der Waals surface area contributed by atoms with E-state index in [1.807, 2.05) is 0 Å². The smallest absolute Gasteiger partial charge is 0.336 e. The highest BCUT2D eigenvalue weighted by Gasteiger charge is 2.12. The van der Waals surface area contributed by atoms with Gasteiger partial charge in [0.15, 0.2) is 18.2 Å². The van der Waals surface area contributed by atoms with Crippen molar-refractivity contribution in [1.29, 1.82) is 0 Å². The number of benzene rings is 2. The fraction of sp³-hybridized carbons (Fsp3) is 0.190. The number of nitrogens with one attached hydrogen (secondary N) is 2. The topological polar surface area (TPSA) is 97.6 Å². The summed E-state index contributed by atoms with van der Waals surface area (Å²) in [6.45, 7) is 2.73. The normalized spacial score (nSPS) is 10.7. The van der Waals surface area contributed by atoms with Crippen molar-refractivity contribution < 1.29 is 27.5 Å². The molecule has 2 N–H and O–H groups in total. The molecule has 0 aliphatic heterocycles. The molecular formula is C21H18F2N2O5. The van der Waals surface area contributed by atoms with Crippen molar-refractivity contribution in [3.8, 4) is 5.75 Å². The molecule has 2 aromatic carbocycles. The molecule has 0 bridgehead atoms. The second kappa shape index (κ2) is 8.73. The van der Waals surface area contributed by atoms with Gasteiger partial charge in [-0.2, -0.15) is 0 Å². The summed E-state index contributed by atoms with van der Waals surface area (Å²) in [7, 11) is 0. The predicted octanol–water partition coefficient (Wildman–Crippen LogP) is 2.82. The molecule has 0 saturated carbocycles. The number of carbonyl (C=O) groups excluding carboxylic acids is 2. The largest absolute Gasteiger partial charge is 0.483 e. The van der Waals surface area contributed by atoms with E-state index in [2.05, 4.69) is 10.6 Å². The van der Waals surface area contributed by atoms with Gasteiger partial charge in [-0.05, 0) is 43.7 Å². The molecule has 0 radical (unpaired) electrons. The van der Waals surface area contributed by atoms with Crippen LogP contribution in [0.1, 0.15) is 11.1 Å². The Balaban J connectivity index is 1.55. The predicted molar refractivity (Wildman–Crippen MR) is 105 cm³/mol. The van der Waals surface area contributed by atoms with Crippen molar-refractivity contribution in [1.82, 2.24) is 5.32 Å². The molecule has 1 aromatic heterocycles. The van der Waals surface area contributed by atoms with Gasteiger partial charge in [0.05, 0.1) is 6.54 Å². The molecule has 0 aliphatic carbocycles. The molecule has 3 rings (SSSR count). The fourth-order valence-corrected chi connectivity index (χ4v) is 2.81. The Hall–Kier alpha value is -3.75. The Morgan fingerprint density at radius 1 is 1.03 bits per heavy atom. The summed E-state index contributed by atoms with van der Waals surface area (Å²) in [6, 6.07) is 7.69. The first-order chi connectivity index (χ1) is 14.2. The number of ether oxygens (including phenoxy) is 1. The molecular weight excluding hydrogens is 398 g/mol. The lowest BCUT2D eigenvalue weighted by Gasteiger charge is -2.11. The SMILES string of the molecule is Cc1cc(=O)oc2c(C)c(OCC(=O)NCC(=O)Nc3ccc(F)c(F)c3)ccc12. The number of halogens is 2. The van der Waals surface area contributed by atoms with E-state index in [0.29, 0.717) is 16.9 Å². The monoisotopic (exact) mass is 416 g/mol. The summed E-state index contributed by atoms with van der Waals surface area (Å²) in [6.07, 6.45) is 0. The lowest BCUT2D eigenvalue weighted by Crippen LogP contribution is -2.35. The molecule has 0 unspecified atom stereocenters. The maximum atomic E-state index is 13.1. The van der Waals surface area contributed by atoms with E-state index in [1.165, 1.54) is 12.1 Å². The maximum absolute atomic E-state index is 13.1. The van der Waals surface area contributed by atoms with Crippen LogP contribution in [0, 0.1) is 25.5 Å². The highest BCUT2D eigenvalue weighted by molar-refractivity contribution is 5.94. The summed E-state index contributed by atoms with van der Waals surface area (Å²) in [4.78, 5) is 35.4. The average Bonchev–Trinajstić information content (AvgIpc) is 2.69. The van der Waals surface area contributed by atoms with Crippen molar-refractivity contribution in [2.75, 3.05) is 18.5 Å². The van der Waals surface area contributed by atoms with Crippen LogP contribution in [0.3, 0.4) is 0 Å². The van der Waals surface area contributed by atoms with E-state index in [4.69, 9.17) is 9.15 Å². The lowest BCUT2D eigenvalue weighted by molar-refractivity contribution is -0.125. The number of carbonyl (C=O) groups is 2. The van der Waals surface area contributed by atoms with Gasteiger partial charge in [0.25, 0.3) is 5.91 Å². The molecule has 3 aromatic rings. The van der Waals surface area contributed by atoms with Crippen LogP contribution in [0.15, 0.2) is 45.6 Å². The molecule has 30 heavy (non-hydrogen) atoms. The third-order valence-corrected chi connectivity index (χ3v) is 4.33. The fourth-order valence-electron chi connectivity index (χ4n) is 2.81.